The molecule has 0 radical (unpaired) electrons. The smallest absolute Gasteiger partial charge is 0.336 e. The average Bonchev–Trinajstić information content (AvgIpc) is 2.83. The molecule has 0 amide bonds. The van der Waals surface area contributed by atoms with E-state index in [0.717, 1.165) is 59.8 Å². The normalized spacial score (nSPS) is 15.8. The summed E-state index contributed by atoms with van der Waals surface area (Å²) >= 11 is 12.3. The van der Waals surface area contributed by atoms with Crippen LogP contribution in [0.4, 0.5) is 5.69 Å². The van der Waals surface area contributed by atoms with Gasteiger partial charge >= 0.3 is 5.97 Å². The lowest BCUT2D eigenvalue weighted by molar-refractivity contribution is 0.0696. The highest BCUT2D eigenvalue weighted by Crippen LogP contribution is 2.48. The highest BCUT2D eigenvalue weighted by molar-refractivity contribution is 6.18. The Morgan fingerprint density at radius 3 is 2.38 bits per heavy atom. The maximum atomic E-state index is 12.1. The van der Waals surface area contributed by atoms with E-state index in [4.69, 9.17) is 27.9 Å². The number of carbonyl (C=O) groups is 1. The lowest BCUT2D eigenvalue weighted by atomic mass is 9.75. The quantitative estimate of drug-likeness (QED) is 0.374. The highest BCUT2D eigenvalue weighted by Gasteiger charge is 2.34. The van der Waals surface area contributed by atoms with Crippen molar-refractivity contribution in [1.82, 2.24) is 0 Å². The van der Waals surface area contributed by atoms with Gasteiger partial charge in [0, 0.05) is 58.7 Å². The molecule has 2 aromatic carbocycles. The zero-order valence-corrected chi connectivity index (χ0v) is 21.0. The molecule has 0 fully saturated rings. The molecular weight excluding hydrogens is 469 g/mol. The molecule has 178 valence electrons. The number of allylic oxidation sites excluding steroid dienone is 3. The van der Waals surface area contributed by atoms with Gasteiger partial charge in [0.2, 0.25) is 0 Å². The number of rotatable bonds is 9. The van der Waals surface area contributed by atoms with Gasteiger partial charge in [-0.1, -0.05) is 30.4 Å². The molecule has 6 heteroatoms. The van der Waals surface area contributed by atoms with Gasteiger partial charge in [-0.05, 0) is 56.5 Å². The first kappa shape index (κ1) is 24.4. The molecule has 4 rings (SSSR count). The summed E-state index contributed by atoms with van der Waals surface area (Å²) in [4.78, 5) is 14.4. The summed E-state index contributed by atoms with van der Waals surface area (Å²) in [6, 6.07) is 13.3. The molecule has 1 heterocycles. The van der Waals surface area contributed by atoms with E-state index >= 15 is 0 Å². The molecule has 0 atom stereocenters. The Balaban J connectivity index is 1.97. The van der Waals surface area contributed by atoms with Gasteiger partial charge in [0.1, 0.15) is 11.5 Å². The maximum absolute atomic E-state index is 12.1. The fraction of sp³-hybridized carbons (Fsp3) is 0.321. The van der Waals surface area contributed by atoms with Crippen molar-refractivity contribution in [2.75, 3.05) is 29.7 Å². The molecule has 0 bridgehead atoms. The SMILES string of the molecule is CCN(CC)c1ccc2c(c1)OC1=CC(CCCl)(CCCl)C=CC1=C2c1ccccc1C(=O)O. The lowest BCUT2D eigenvalue weighted by Crippen LogP contribution is -2.24. The maximum Gasteiger partial charge on any atom is 0.336 e. The van der Waals surface area contributed by atoms with Crippen LogP contribution in [0.2, 0.25) is 0 Å². The number of hydrogen-bond donors (Lipinski definition) is 1. The molecule has 4 nitrogen and oxygen atoms in total. The Bertz CT molecular complexity index is 1170. The number of benzene rings is 2. The molecule has 0 aromatic heterocycles. The molecule has 1 N–H and O–H groups in total. The van der Waals surface area contributed by atoms with Crippen LogP contribution in [0.15, 0.2) is 72.0 Å². The van der Waals surface area contributed by atoms with Crippen LogP contribution in [0.25, 0.3) is 5.57 Å². The first-order valence-corrected chi connectivity index (χ1v) is 12.7. The predicted octanol–water partition coefficient (Wildman–Crippen LogP) is 7.12. The van der Waals surface area contributed by atoms with Gasteiger partial charge in [-0.3, -0.25) is 0 Å². The number of alkyl halides is 2. The molecule has 1 aliphatic carbocycles. The summed E-state index contributed by atoms with van der Waals surface area (Å²) in [5, 5.41) is 9.92. The van der Waals surface area contributed by atoms with E-state index in [-0.39, 0.29) is 11.0 Å². The van der Waals surface area contributed by atoms with Crippen LogP contribution in [-0.2, 0) is 0 Å². The lowest BCUT2D eigenvalue weighted by Gasteiger charge is -2.35. The molecular formula is C28H29Cl2NO3. The van der Waals surface area contributed by atoms with Crippen molar-refractivity contribution in [2.45, 2.75) is 26.7 Å². The van der Waals surface area contributed by atoms with Crippen LogP contribution in [0.1, 0.15) is 48.2 Å². The van der Waals surface area contributed by atoms with Gasteiger partial charge in [-0.15, -0.1) is 23.2 Å². The average molecular weight is 498 g/mol. The standard InChI is InChI=1S/C28H29Cl2NO3/c1-3-31(4-2)19-9-10-22-24(17-19)34-25-18-28(13-15-29,14-16-30)12-11-23(25)26(22)20-7-5-6-8-21(20)27(32)33/h5-12,17-18H,3-4,13-16H2,1-2H3,(H,32,33). The summed E-state index contributed by atoms with van der Waals surface area (Å²) in [6.07, 6.45) is 7.78. The summed E-state index contributed by atoms with van der Waals surface area (Å²) in [7, 11) is 0. The zero-order valence-electron chi connectivity index (χ0n) is 19.5. The number of anilines is 1. The van der Waals surface area contributed by atoms with Crippen molar-refractivity contribution in [3.05, 3.63) is 88.7 Å². The van der Waals surface area contributed by atoms with Gasteiger partial charge in [-0.2, -0.15) is 0 Å². The molecule has 34 heavy (non-hydrogen) atoms. The second kappa shape index (κ2) is 10.3. The Hall–Kier alpha value is -2.69. The topological polar surface area (TPSA) is 49.8 Å². The Kier molecular flexibility index (Phi) is 7.39. The van der Waals surface area contributed by atoms with Gasteiger partial charge in [-0.25, -0.2) is 4.79 Å². The summed E-state index contributed by atoms with van der Waals surface area (Å²) in [6.45, 7) is 6.01. The number of nitrogens with zero attached hydrogens (tertiary/aromatic N) is 1. The second-order valence-corrected chi connectivity index (χ2v) is 9.30. The van der Waals surface area contributed by atoms with Gasteiger partial charge in [0.15, 0.2) is 0 Å². The Labute approximate surface area is 211 Å². The van der Waals surface area contributed by atoms with Crippen LogP contribution >= 0.6 is 23.2 Å². The van der Waals surface area contributed by atoms with E-state index in [2.05, 4.69) is 37.0 Å². The Morgan fingerprint density at radius 2 is 1.74 bits per heavy atom. The summed E-state index contributed by atoms with van der Waals surface area (Å²) < 4.78 is 6.51. The Morgan fingerprint density at radius 1 is 1.03 bits per heavy atom. The number of carboxylic acid groups (broad SMARTS) is 1. The molecule has 0 spiro atoms. The van der Waals surface area contributed by atoms with Crippen LogP contribution in [0, 0.1) is 5.41 Å². The van der Waals surface area contributed by atoms with Crippen molar-refractivity contribution in [1.29, 1.82) is 0 Å². The van der Waals surface area contributed by atoms with Crippen LogP contribution < -0.4 is 9.64 Å². The first-order valence-electron chi connectivity index (χ1n) is 11.7. The third-order valence-electron chi connectivity index (χ3n) is 6.67. The fourth-order valence-electron chi connectivity index (χ4n) is 4.83. The fourth-order valence-corrected chi connectivity index (χ4v) is 5.53. The van der Waals surface area contributed by atoms with Gasteiger partial charge < -0.3 is 14.7 Å². The number of aromatic carboxylic acids is 1. The van der Waals surface area contributed by atoms with E-state index in [1.807, 2.05) is 30.3 Å². The largest absolute Gasteiger partial charge is 0.478 e. The molecule has 0 unspecified atom stereocenters. The van der Waals surface area contributed by atoms with E-state index in [9.17, 15) is 9.90 Å². The minimum atomic E-state index is -0.958. The van der Waals surface area contributed by atoms with E-state index in [0.29, 0.717) is 17.3 Å². The summed E-state index contributed by atoms with van der Waals surface area (Å²) in [5.74, 6) is 1.48. The van der Waals surface area contributed by atoms with Crippen LogP contribution in [-0.4, -0.2) is 35.9 Å². The molecule has 2 aliphatic rings. The minimum Gasteiger partial charge on any atom is -0.478 e. The number of carboxylic acids is 1. The molecule has 2 aromatic rings. The molecule has 0 saturated carbocycles. The second-order valence-electron chi connectivity index (χ2n) is 8.55. The molecule has 0 saturated heterocycles. The number of fused-ring (bicyclic) bond motifs is 2. The third kappa shape index (κ3) is 4.49. The van der Waals surface area contributed by atoms with Crippen molar-refractivity contribution in [3.63, 3.8) is 0 Å². The van der Waals surface area contributed by atoms with Crippen LogP contribution in [0.3, 0.4) is 0 Å². The van der Waals surface area contributed by atoms with E-state index < -0.39 is 5.97 Å². The van der Waals surface area contributed by atoms with Gasteiger partial charge in [0.05, 0.1) is 5.56 Å². The van der Waals surface area contributed by atoms with Crippen molar-refractivity contribution >= 4 is 40.4 Å². The minimum absolute atomic E-state index is 0.261. The number of hydrogen-bond acceptors (Lipinski definition) is 3. The van der Waals surface area contributed by atoms with Crippen molar-refractivity contribution < 1.29 is 14.6 Å². The molecule has 1 aliphatic heterocycles. The van der Waals surface area contributed by atoms with Crippen molar-refractivity contribution in [2.24, 2.45) is 5.41 Å². The number of ether oxygens (including phenoxy) is 1. The highest BCUT2D eigenvalue weighted by atomic mass is 35.5. The third-order valence-corrected chi connectivity index (χ3v) is 7.04. The van der Waals surface area contributed by atoms with Crippen LogP contribution in [0.5, 0.6) is 5.75 Å². The van der Waals surface area contributed by atoms with E-state index in [1.54, 1.807) is 12.1 Å². The first-order chi connectivity index (χ1) is 16.5. The number of halogens is 2. The summed E-state index contributed by atoms with van der Waals surface area (Å²) in [5.41, 5.74) is 4.31. The van der Waals surface area contributed by atoms with Gasteiger partial charge in [0.25, 0.3) is 0 Å². The van der Waals surface area contributed by atoms with E-state index in [1.165, 1.54) is 0 Å². The van der Waals surface area contributed by atoms with Crippen molar-refractivity contribution in [3.8, 4) is 5.75 Å². The monoisotopic (exact) mass is 497 g/mol. The zero-order chi connectivity index (χ0) is 24.3. The predicted molar refractivity (Wildman–Crippen MR) is 140 cm³/mol.